The van der Waals surface area contributed by atoms with Gasteiger partial charge in [-0.3, -0.25) is 0 Å². The Balaban J connectivity index is 3.28. The molecular weight excluding hydrogens is 181 g/mol. The van der Waals surface area contributed by atoms with Gasteiger partial charge >= 0.3 is 0 Å². The molecule has 0 saturated carbocycles. The summed E-state index contributed by atoms with van der Waals surface area (Å²) in [6, 6.07) is 1.22. The second-order valence-corrected chi connectivity index (χ2v) is 2.47. The predicted octanol–water partition coefficient (Wildman–Crippen LogP) is 2.11. The van der Waals surface area contributed by atoms with Crippen LogP contribution in [-0.4, -0.2) is 5.84 Å². The normalized spacial score (nSPS) is 11.8. The van der Waals surface area contributed by atoms with Gasteiger partial charge in [0, 0.05) is 12.1 Å². The second kappa shape index (κ2) is 3.47. The molecular formula is C8H7F3N2. The predicted molar refractivity (Wildman–Crippen MR) is 43.3 cm³/mol. The van der Waals surface area contributed by atoms with E-state index in [0.717, 1.165) is 6.07 Å². The molecule has 2 nitrogen and oxygen atoms in total. The minimum absolute atomic E-state index is 0.0314. The quantitative estimate of drug-likeness (QED) is 0.409. The van der Waals surface area contributed by atoms with Crippen LogP contribution < -0.4 is 5.73 Å². The molecule has 0 aliphatic rings. The SMILES string of the molecule is CC(N)=Nc1cc(F)cc(F)c1F. The van der Waals surface area contributed by atoms with Gasteiger partial charge in [0.15, 0.2) is 11.6 Å². The van der Waals surface area contributed by atoms with Crippen molar-refractivity contribution in [3.63, 3.8) is 0 Å². The first-order valence-corrected chi connectivity index (χ1v) is 3.46. The molecule has 0 fully saturated rings. The third kappa shape index (κ3) is 2.21. The molecule has 0 heterocycles. The number of rotatable bonds is 1. The van der Waals surface area contributed by atoms with Crippen molar-refractivity contribution in [2.75, 3.05) is 0 Å². The summed E-state index contributed by atoms with van der Waals surface area (Å²) in [7, 11) is 0. The molecule has 0 radical (unpaired) electrons. The molecule has 13 heavy (non-hydrogen) atoms. The monoisotopic (exact) mass is 188 g/mol. The summed E-state index contributed by atoms with van der Waals surface area (Å²) in [6.45, 7) is 1.39. The summed E-state index contributed by atoms with van der Waals surface area (Å²) in [5.74, 6) is -3.34. The lowest BCUT2D eigenvalue weighted by molar-refractivity contribution is 0.497. The molecule has 1 aromatic carbocycles. The molecule has 2 N–H and O–H groups in total. The Morgan fingerprint density at radius 3 is 2.46 bits per heavy atom. The van der Waals surface area contributed by atoms with Crippen LogP contribution in [0.15, 0.2) is 17.1 Å². The highest BCUT2D eigenvalue weighted by Crippen LogP contribution is 2.21. The summed E-state index contributed by atoms with van der Waals surface area (Å²) in [5, 5.41) is 0. The van der Waals surface area contributed by atoms with Crippen LogP contribution in [0, 0.1) is 17.5 Å². The van der Waals surface area contributed by atoms with E-state index in [-0.39, 0.29) is 5.84 Å². The zero-order chi connectivity index (χ0) is 10.0. The first-order chi connectivity index (χ1) is 6.00. The molecule has 0 aliphatic carbocycles. The first kappa shape index (κ1) is 9.57. The van der Waals surface area contributed by atoms with Crippen molar-refractivity contribution in [1.29, 1.82) is 0 Å². The summed E-state index contributed by atoms with van der Waals surface area (Å²) in [5.41, 5.74) is 4.70. The zero-order valence-electron chi connectivity index (χ0n) is 6.81. The van der Waals surface area contributed by atoms with Gasteiger partial charge in [-0.2, -0.15) is 0 Å². The molecule has 70 valence electrons. The van der Waals surface area contributed by atoms with Crippen LogP contribution in [0.4, 0.5) is 18.9 Å². The lowest BCUT2D eigenvalue weighted by Gasteiger charge is -1.99. The highest BCUT2D eigenvalue weighted by molar-refractivity contribution is 5.80. The van der Waals surface area contributed by atoms with Gasteiger partial charge in [-0.25, -0.2) is 18.2 Å². The molecule has 0 spiro atoms. The number of nitrogens with two attached hydrogens (primary N) is 1. The number of halogens is 3. The summed E-state index contributed by atoms with van der Waals surface area (Å²) < 4.78 is 37.9. The lowest BCUT2D eigenvalue weighted by Crippen LogP contribution is -2.04. The van der Waals surface area contributed by atoms with Gasteiger partial charge in [-0.05, 0) is 6.92 Å². The van der Waals surface area contributed by atoms with Gasteiger partial charge in [-0.15, -0.1) is 0 Å². The maximum absolute atomic E-state index is 12.8. The van der Waals surface area contributed by atoms with Crippen molar-refractivity contribution >= 4 is 11.5 Å². The number of aliphatic imine (C=N–C) groups is 1. The van der Waals surface area contributed by atoms with Crippen LogP contribution in [0.3, 0.4) is 0 Å². The van der Waals surface area contributed by atoms with E-state index >= 15 is 0 Å². The van der Waals surface area contributed by atoms with Crippen molar-refractivity contribution in [1.82, 2.24) is 0 Å². The minimum Gasteiger partial charge on any atom is -0.387 e. The van der Waals surface area contributed by atoms with E-state index in [1.54, 1.807) is 0 Å². The lowest BCUT2D eigenvalue weighted by atomic mass is 10.3. The largest absolute Gasteiger partial charge is 0.387 e. The van der Waals surface area contributed by atoms with Crippen LogP contribution in [0.5, 0.6) is 0 Å². The van der Waals surface area contributed by atoms with Crippen molar-refractivity contribution in [2.24, 2.45) is 10.7 Å². The van der Waals surface area contributed by atoms with Crippen molar-refractivity contribution in [3.05, 3.63) is 29.6 Å². The number of nitrogens with zero attached hydrogens (tertiary/aromatic N) is 1. The van der Waals surface area contributed by atoms with Crippen molar-refractivity contribution < 1.29 is 13.2 Å². The molecule has 0 atom stereocenters. The van der Waals surface area contributed by atoms with E-state index in [4.69, 9.17) is 5.73 Å². The molecule has 0 unspecified atom stereocenters. The fourth-order valence-corrected chi connectivity index (χ4v) is 0.814. The van der Waals surface area contributed by atoms with Crippen LogP contribution in [0.1, 0.15) is 6.92 Å². The van der Waals surface area contributed by atoms with E-state index < -0.39 is 23.1 Å². The Morgan fingerprint density at radius 1 is 1.31 bits per heavy atom. The van der Waals surface area contributed by atoms with Gasteiger partial charge in [0.25, 0.3) is 0 Å². The standard InChI is InChI=1S/C8H7F3N2/c1-4(12)13-7-3-5(9)2-6(10)8(7)11/h2-3H,1H3,(H2,12,13). The third-order valence-electron chi connectivity index (χ3n) is 1.27. The van der Waals surface area contributed by atoms with E-state index in [2.05, 4.69) is 4.99 Å². The Labute approximate surface area is 72.9 Å². The fraction of sp³-hybridized carbons (Fsp3) is 0.125. The third-order valence-corrected chi connectivity index (χ3v) is 1.27. The molecule has 0 aliphatic heterocycles. The molecule has 0 amide bonds. The van der Waals surface area contributed by atoms with Gasteiger partial charge in [0.1, 0.15) is 11.5 Å². The number of hydrogen-bond acceptors (Lipinski definition) is 1. The highest BCUT2D eigenvalue weighted by Gasteiger charge is 2.09. The molecule has 0 aromatic heterocycles. The van der Waals surface area contributed by atoms with Crippen LogP contribution in [0.2, 0.25) is 0 Å². The van der Waals surface area contributed by atoms with Gasteiger partial charge in [-0.1, -0.05) is 0 Å². The Hall–Kier alpha value is -1.52. The fourth-order valence-electron chi connectivity index (χ4n) is 0.814. The zero-order valence-corrected chi connectivity index (χ0v) is 6.81. The second-order valence-electron chi connectivity index (χ2n) is 2.47. The van der Waals surface area contributed by atoms with E-state index in [0.29, 0.717) is 6.07 Å². The maximum Gasteiger partial charge on any atom is 0.184 e. The topological polar surface area (TPSA) is 38.4 Å². The van der Waals surface area contributed by atoms with Crippen molar-refractivity contribution in [2.45, 2.75) is 6.92 Å². The van der Waals surface area contributed by atoms with Crippen LogP contribution in [-0.2, 0) is 0 Å². The number of benzene rings is 1. The smallest absolute Gasteiger partial charge is 0.184 e. The molecule has 1 aromatic rings. The van der Waals surface area contributed by atoms with Crippen LogP contribution in [0.25, 0.3) is 0 Å². The summed E-state index contributed by atoms with van der Waals surface area (Å²) in [4.78, 5) is 3.42. The average molecular weight is 188 g/mol. The number of amidine groups is 1. The van der Waals surface area contributed by atoms with Crippen molar-refractivity contribution in [3.8, 4) is 0 Å². The first-order valence-electron chi connectivity index (χ1n) is 3.46. The summed E-state index contributed by atoms with van der Waals surface area (Å²) >= 11 is 0. The average Bonchev–Trinajstić information content (AvgIpc) is 1.98. The molecule has 1 rings (SSSR count). The molecule has 0 saturated heterocycles. The Bertz CT molecular complexity index is 357. The molecule has 5 heteroatoms. The van der Waals surface area contributed by atoms with Gasteiger partial charge in [0.2, 0.25) is 0 Å². The van der Waals surface area contributed by atoms with Gasteiger partial charge in [0.05, 0.1) is 5.84 Å². The van der Waals surface area contributed by atoms with E-state index in [1.165, 1.54) is 6.92 Å². The Kier molecular flexibility index (Phi) is 2.55. The minimum atomic E-state index is -1.28. The van der Waals surface area contributed by atoms with E-state index in [1.807, 2.05) is 0 Å². The number of hydrogen-bond donors (Lipinski definition) is 1. The van der Waals surface area contributed by atoms with Crippen LogP contribution >= 0.6 is 0 Å². The highest BCUT2D eigenvalue weighted by atomic mass is 19.2. The Morgan fingerprint density at radius 2 is 1.92 bits per heavy atom. The van der Waals surface area contributed by atoms with E-state index in [9.17, 15) is 13.2 Å². The van der Waals surface area contributed by atoms with Gasteiger partial charge < -0.3 is 5.73 Å². The summed E-state index contributed by atoms with van der Waals surface area (Å²) in [6.07, 6.45) is 0. The maximum atomic E-state index is 12.8. The molecule has 0 bridgehead atoms.